The van der Waals surface area contributed by atoms with Gasteiger partial charge in [-0.1, -0.05) is 42.5 Å². The maximum atomic E-state index is 14.0. The van der Waals surface area contributed by atoms with Crippen molar-refractivity contribution in [3.63, 3.8) is 0 Å². The lowest BCUT2D eigenvalue weighted by Crippen LogP contribution is -2.46. The fourth-order valence-electron chi connectivity index (χ4n) is 4.18. The summed E-state index contributed by atoms with van der Waals surface area (Å²) in [5, 5.41) is 9.94. The van der Waals surface area contributed by atoms with Crippen LogP contribution in [0, 0.1) is 11.6 Å². The number of hydrogen-bond acceptors (Lipinski definition) is 4. The SMILES string of the molecule is OC[C@H](OC1OCCN(Cc2ccccc2)C1c1ccc(F)cc1)c1cc(F)cc(C(F)(F)F)c1. The quantitative estimate of drug-likeness (QED) is 0.433. The molecule has 0 saturated carbocycles. The number of benzene rings is 3. The molecule has 0 aliphatic carbocycles. The van der Waals surface area contributed by atoms with Crippen molar-refractivity contribution < 1.29 is 36.5 Å². The van der Waals surface area contributed by atoms with Gasteiger partial charge in [-0.2, -0.15) is 13.2 Å². The Kier molecular flexibility index (Phi) is 7.81. The minimum Gasteiger partial charge on any atom is -0.393 e. The number of alkyl halides is 3. The molecule has 1 aliphatic heterocycles. The molecule has 2 unspecified atom stereocenters. The van der Waals surface area contributed by atoms with Crippen molar-refractivity contribution in [3.05, 3.63) is 107 Å². The smallest absolute Gasteiger partial charge is 0.393 e. The molecular formula is C26H24F5NO3. The van der Waals surface area contributed by atoms with Gasteiger partial charge in [-0.25, -0.2) is 8.78 Å². The third-order valence-corrected chi connectivity index (χ3v) is 5.84. The van der Waals surface area contributed by atoms with Gasteiger partial charge >= 0.3 is 6.18 Å². The van der Waals surface area contributed by atoms with Crippen LogP contribution in [0.15, 0.2) is 72.8 Å². The van der Waals surface area contributed by atoms with Crippen LogP contribution in [-0.2, 0) is 22.2 Å². The van der Waals surface area contributed by atoms with E-state index in [-0.39, 0.29) is 12.2 Å². The highest BCUT2D eigenvalue weighted by Gasteiger charge is 2.37. The van der Waals surface area contributed by atoms with E-state index >= 15 is 0 Å². The maximum Gasteiger partial charge on any atom is 0.416 e. The predicted molar refractivity (Wildman–Crippen MR) is 118 cm³/mol. The van der Waals surface area contributed by atoms with Crippen molar-refractivity contribution in [2.45, 2.75) is 31.2 Å². The van der Waals surface area contributed by atoms with Crippen LogP contribution in [0.3, 0.4) is 0 Å². The molecule has 0 amide bonds. The number of ether oxygens (including phenoxy) is 2. The lowest BCUT2D eigenvalue weighted by Gasteiger charge is -2.42. The number of aliphatic hydroxyl groups is 1. The Labute approximate surface area is 199 Å². The van der Waals surface area contributed by atoms with E-state index in [1.807, 2.05) is 30.3 Å². The Morgan fingerprint density at radius 3 is 2.34 bits per heavy atom. The summed E-state index contributed by atoms with van der Waals surface area (Å²) in [5.74, 6) is -1.52. The number of halogens is 5. The second kappa shape index (κ2) is 10.8. The van der Waals surface area contributed by atoms with E-state index in [1.54, 1.807) is 12.1 Å². The van der Waals surface area contributed by atoms with Crippen LogP contribution < -0.4 is 0 Å². The lowest BCUT2D eigenvalue weighted by atomic mass is 10.0. The second-order valence-electron chi connectivity index (χ2n) is 8.27. The van der Waals surface area contributed by atoms with Crippen molar-refractivity contribution in [2.24, 2.45) is 0 Å². The third-order valence-electron chi connectivity index (χ3n) is 5.84. The molecule has 1 N–H and O–H groups in total. The first-order valence-corrected chi connectivity index (χ1v) is 11.0. The Hall–Kier alpha value is -2.85. The Balaban J connectivity index is 1.65. The first-order valence-electron chi connectivity index (χ1n) is 11.0. The molecule has 186 valence electrons. The highest BCUT2D eigenvalue weighted by Crippen LogP contribution is 2.37. The zero-order valence-corrected chi connectivity index (χ0v) is 18.6. The normalized spacial score (nSPS) is 20.1. The van der Waals surface area contributed by atoms with Crippen molar-refractivity contribution in [1.82, 2.24) is 4.90 Å². The first-order chi connectivity index (χ1) is 16.7. The van der Waals surface area contributed by atoms with Gasteiger partial charge in [-0.05, 0) is 47.0 Å². The largest absolute Gasteiger partial charge is 0.416 e. The summed E-state index contributed by atoms with van der Waals surface area (Å²) in [6.45, 7) is 0.576. The molecule has 4 nitrogen and oxygen atoms in total. The van der Waals surface area contributed by atoms with Gasteiger partial charge in [0.2, 0.25) is 0 Å². The molecule has 3 aromatic carbocycles. The van der Waals surface area contributed by atoms with Crippen molar-refractivity contribution in [2.75, 3.05) is 19.8 Å². The maximum absolute atomic E-state index is 14.0. The Bertz CT molecular complexity index is 1110. The molecular weight excluding hydrogens is 469 g/mol. The third kappa shape index (κ3) is 6.24. The van der Waals surface area contributed by atoms with Gasteiger partial charge in [0.05, 0.1) is 24.8 Å². The molecule has 3 aromatic rings. The van der Waals surface area contributed by atoms with Crippen molar-refractivity contribution >= 4 is 0 Å². The average molecular weight is 493 g/mol. The summed E-state index contributed by atoms with van der Waals surface area (Å²) in [4.78, 5) is 2.05. The highest BCUT2D eigenvalue weighted by molar-refractivity contribution is 5.29. The molecule has 0 bridgehead atoms. The Morgan fingerprint density at radius 2 is 1.69 bits per heavy atom. The first kappa shape index (κ1) is 25.2. The predicted octanol–water partition coefficient (Wildman–Crippen LogP) is 5.63. The van der Waals surface area contributed by atoms with Gasteiger partial charge in [0, 0.05) is 13.1 Å². The summed E-state index contributed by atoms with van der Waals surface area (Å²) in [6, 6.07) is 16.8. The standard InChI is InChI=1S/C26H24F5NO3/c27-21-8-6-18(7-9-21)24-25(34-11-10-32(24)15-17-4-2-1-3-5-17)35-23(16-33)19-12-20(26(29,30)31)14-22(28)13-19/h1-9,12-14,23-25,33H,10-11,15-16H2/t23-,24?,25?/m0/s1. The van der Waals surface area contributed by atoms with E-state index in [0.717, 1.165) is 17.7 Å². The van der Waals surface area contributed by atoms with E-state index < -0.39 is 48.4 Å². The van der Waals surface area contributed by atoms with Gasteiger partial charge in [0.15, 0.2) is 6.29 Å². The molecule has 0 spiro atoms. The second-order valence-corrected chi connectivity index (χ2v) is 8.27. The van der Waals surface area contributed by atoms with Crippen LogP contribution in [0.25, 0.3) is 0 Å². The molecule has 0 aromatic heterocycles. The number of morpholine rings is 1. The molecule has 3 atom stereocenters. The monoisotopic (exact) mass is 493 g/mol. The van der Waals surface area contributed by atoms with Crippen molar-refractivity contribution in [1.29, 1.82) is 0 Å². The van der Waals surface area contributed by atoms with Gasteiger partial charge in [-0.3, -0.25) is 4.90 Å². The molecule has 35 heavy (non-hydrogen) atoms. The fraction of sp³-hybridized carbons (Fsp3) is 0.308. The highest BCUT2D eigenvalue weighted by atomic mass is 19.4. The lowest BCUT2D eigenvalue weighted by molar-refractivity contribution is -0.238. The van der Waals surface area contributed by atoms with Crippen molar-refractivity contribution in [3.8, 4) is 0 Å². The molecule has 1 heterocycles. The average Bonchev–Trinajstić information content (AvgIpc) is 2.83. The zero-order valence-electron chi connectivity index (χ0n) is 18.6. The molecule has 1 saturated heterocycles. The molecule has 1 aliphatic rings. The van der Waals surface area contributed by atoms with E-state index in [1.165, 1.54) is 12.1 Å². The van der Waals surface area contributed by atoms with E-state index in [4.69, 9.17) is 9.47 Å². The number of rotatable bonds is 7. The number of hydrogen-bond donors (Lipinski definition) is 1. The molecule has 0 radical (unpaired) electrons. The topological polar surface area (TPSA) is 41.9 Å². The Morgan fingerprint density at radius 1 is 0.971 bits per heavy atom. The van der Waals surface area contributed by atoms with Crippen LogP contribution in [0.5, 0.6) is 0 Å². The summed E-state index contributed by atoms with van der Waals surface area (Å²) >= 11 is 0. The summed E-state index contributed by atoms with van der Waals surface area (Å²) < 4.78 is 79.1. The molecule has 1 fully saturated rings. The van der Waals surface area contributed by atoms with Gasteiger partial charge in [0.1, 0.15) is 17.7 Å². The minimum atomic E-state index is -4.76. The number of aliphatic hydroxyl groups excluding tert-OH is 1. The van der Waals surface area contributed by atoms with Crippen LogP contribution in [-0.4, -0.2) is 36.1 Å². The van der Waals surface area contributed by atoms with E-state index in [0.29, 0.717) is 24.7 Å². The summed E-state index contributed by atoms with van der Waals surface area (Å²) in [5.41, 5.74) is 0.333. The molecule has 4 rings (SSSR count). The van der Waals surface area contributed by atoms with Crippen LogP contribution in [0.2, 0.25) is 0 Å². The minimum absolute atomic E-state index is 0.165. The van der Waals surface area contributed by atoms with Gasteiger partial charge < -0.3 is 14.6 Å². The summed E-state index contributed by atoms with van der Waals surface area (Å²) in [7, 11) is 0. The van der Waals surface area contributed by atoms with Crippen LogP contribution in [0.4, 0.5) is 22.0 Å². The van der Waals surface area contributed by atoms with E-state index in [2.05, 4.69) is 4.90 Å². The van der Waals surface area contributed by atoms with Crippen LogP contribution >= 0.6 is 0 Å². The number of nitrogens with zero attached hydrogens (tertiary/aromatic N) is 1. The zero-order chi connectivity index (χ0) is 25.0. The van der Waals surface area contributed by atoms with Gasteiger partial charge in [0.25, 0.3) is 0 Å². The fourth-order valence-corrected chi connectivity index (χ4v) is 4.18. The van der Waals surface area contributed by atoms with Crippen LogP contribution in [0.1, 0.15) is 34.4 Å². The van der Waals surface area contributed by atoms with E-state index in [9.17, 15) is 27.1 Å². The summed E-state index contributed by atoms with van der Waals surface area (Å²) in [6.07, 6.45) is -7.06. The van der Waals surface area contributed by atoms with Gasteiger partial charge in [-0.15, -0.1) is 0 Å². The molecule has 9 heteroatoms.